The van der Waals surface area contributed by atoms with Gasteiger partial charge in [-0.05, 0) is 43.5 Å². The molecule has 8 heteroatoms. The van der Waals surface area contributed by atoms with Gasteiger partial charge in [-0.15, -0.1) is 24.0 Å². The highest BCUT2D eigenvalue weighted by molar-refractivity contribution is 14.0. The van der Waals surface area contributed by atoms with Crippen molar-refractivity contribution in [3.63, 3.8) is 0 Å². The lowest BCUT2D eigenvalue weighted by Crippen LogP contribution is -2.38. The summed E-state index contributed by atoms with van der Waals surface area (Å²) in [5.74, 6) is 2.18. The summed E-state index contributed by atoms with van der Waals surface area (Å²) in [5, 5.41) is 6.79. The predicted molar refractivity (Wildman–Crippen MR) is 143 cm³/mol. The minimum atomic E-state index is 0. The molecule has 1 fully saturated rings. The number of imidazole rings is 1. The summed E-state index contributed by atoms with van der Waals surface area (Å²) in [6.45, 7) is 7.90. The quantitative estimate of drug-likeness (QED) is 0.247. The smallest absolute Gasteiger partial charge is 0.191 e. The van der Waals surface area contributed by atoms with Crippen molar-refractivity contribution in [1.82, 2.24) is 20.0 Å². The molecule has 1 aromatic carbocycles. The molecule has 3 aromatic rings. The summed E-state index contributed by atoms with van der Waals surface area (Å²) >= 11 is 0. The van der Waals surface area contributed by atoms with E-state index in [1.807, 2.05) is 12.3 Å². The van der Waals surface area contributed by atoms with Gasteiger partial charge in [0.05, 0.1) is 18.9 Å². The number of nitrogens with zero attached hydrogens (tertiary/aromatic N) is 3. The Labute approximate surface area is 213 Å². The van der Waals surface area contributed by atoms with Crippen LogP contribution in [0.1, 0.15) is 28.8 Å². The molecule has 1 atom stereocenters. The van der Waals surface area contributed by atoms with Crippen molar-refractivity contribution in [2.75, 3.05) is 33.4 Å². The molecule has 2 aromatic heterocycles. The van der Waals surface area contributed by atoms with E-state index < -0.39 is 0 Å². The molecular formula is C25H34IN5O2. The molecule has 3 heterocycles. The van der Waals surface area contributed by atoms with E-state index in [9.17, 15) is 0 Å². The van der Waals surface area contributed by atoms with Crippen molar-refractivity contribution in [2.24, 2.45) is 10.9 Å². The number of pyridine rings is 1. The molecule has 0 amide bonds. The first-order valence-electron chi connectivity index (χ1n) is 11.3. The molecule has 0 saturated carbocycles. The summed E-state index contributed by atoms with van der Waals surface area (Å²) in [4.78, 5) is 9.10. The van der Waals surface area contributed by atoms with Crippen LogP contribution >= 0.6 is 24.0 Å². The molecule has 0 bridgehead atoms. The summed E-state index contributed by atoms with van der Waals surface area (Å²) < 4.78 is 13.7. The van der Waals surface area contributed by atoms with Gasteiger partial charge in [-0.3, -0.25) is 4.99 Å². The van der Waals surface area contributed by atoms with Crippen molar-refractivity contribution in [2.45, 2.75) is 33.2 Å². The van der Waals surface area contributed by atoms with Crippen LogP contribution in [0.15, 0.2) is 47.7 Å². The van der Waals surface area contributed by atoms with Gasteiger partial charge in [0, 0.05) is 57.0 Å². The number of hydrogen-bond donors (Lipinski definition) is 2. The second-order valence-corrected chi connectivity index (χ2v) is 8.41. The van der Waals surface area contributed by atoms with E-state index in [4.69, 9.17) is 14.5 Å². The van der Waals surface area contributed by atoms with Crippen LogP contribution in [0.3, 0.4) is 0 Å². The SMILES string of the molecule is CN=C(NCCc1cn2cccc(C)c2n1)NCc1ccc(C)cc1OCC1CCOC1.I. The number of benzene rings is 1. The summed E-state index contributed by atoms with van der Waals surface area (Å²) in [6, 6.07) is 10.5. The number of guanidine groups is 1. The molecule has 1 aliphatic rings. The third kappa shape index (κ3) is 6.83. The fourth-order valence-corrected chi connectivity index (χ4v) is 3.90. The topological polar surface area (TPSA) is 72.2 Å². The van der Waals surface area contributed by atoms with Crippen molar-refractivity contribution in [3.8, 4) is 5.75 Å². The first-order valence-corrected chi connectivity index (χ1v) is 11.3. The van der Waals surface area contributed by atoms with E-state index in [-0.39, 0.29) is 24.0 Å². The molecule has 33 heavy (non-hydrogen) atoms. The van der Waals surface area contributed by atoms with E-state index in [2.05, 4.69) is 64.3 Å². The minimum absolute atomic E-state index is 0. The first-order chi connectivity index (χ1) is 15.6. The van der Waals surface area contributed by atoms with Gasteiger partial charge in [-0.1, -0.05) is 18.2 Å². The third-order valence-electron chi connectivity index (χ3n) is 5.79. The highest BCUT2D eigenvalue weighted by Crippen LogP contribution is 2.22. The van der Waals surface area contributed by atoms with Crippen molar-refractivity contribution < 1.29 is 9.47 Å². The molecular weight excluding hydrogens is 529 g/mol. The Hall–Kier alpha value is -2.33. The average Bonchev–Trinajstić information content (AvgIpc) is 3.46. The maximum absolute atomic E-state index is 6.15. The Morgan fingerprint density at radius 2 is 2.15 bits per heavy atom. The van der Waals surface area contributed by atoms with Crippen LogP contribution in [0.2, 0.25) is 0 Å². The Bertz CT molecular complexity index is 1080. The number of rotatable bonds is 8. The highest BCUT2D eigenvalue weighted by Gasteiger charge is 2.17. The standard InChI is InChI=1S/C25H33N5O2.HI/c1-18-6-7-21(23(13-18)32-17-20-9-12-31-16-20)14-28-25(26-3)27-10-8-22-15-30-11-4-5-19(2)24(30)29-22;/h4-7,11,13,15,20H,8-10,12,14,16-17H2,1-3H3,(H2,26,27,28);1H. The van der Waals surface area contributed by atoms with Gasteiger partial charge in [0.15, 0.2) is 5.96 Å². The van der Waals surface area contributed by atoms with Gasteiger partial charge in [0.25, 0.3) is 0 Å². The van der Waals surface area contributed by atoms with Crippen molar-refractivity contribution in [3.05, 3.63) is 65.1 Å². The van der Waals surface area contributed by atoms with Crippen molar-refractivity contribution >= 4 is 35.6 Å². The van der Waals surface area contributed by atoms with Gasteiger partial charge in [-0.2, -0.15) is 0 Å². The summed E-state index contributed by atoms with van der Waals surface area (Å²) in [6.07, 6.45) is 6.02. The van der Waals surface area contributed by atoms with E-state index in [0.29, 0.717) is 19.1 Å². The lowest BCUT2D eigenvalue weighted by molar-refractivity contribution is 0.166. The normalized spacial score (nSPS) is 16.0. The zero-order valence-electron chi connectivity index (χ0n) is 19.6. The Kier molecular flexibility index (Phi) is 9.37. The summed E-state index contributed by atoms with van der Waals surface area (Å²) in [7, 11) is 1.79. The summed E-state index contributed by atoms with van der Waals surface area (Å²) in [5.41, 5.74) is 5.57. The fourth-order valence-electron chi connectivity index (χ4n) is 3.90. The van der Waals surface area contributed by atoms with Crippen LogP contribution in [0.5, 0.6) is 5.75 Å². The van der Waals surface area contributed by atoms with Crippen LogP contribution in [-0.2, 0) is 17.7 Å². The number of nitrogens with one attached hydrogen (secondary N) is 2. The Morgan fingerprint density at radius 1 is 1.27 bits per heavy atom. The largest absolute Gasteiger partial charge is 0.493 e. The van der Waals surface area contributed by atoms with E-state index in [0.717, 1.165) is 61.2 Å². The van der Waals surface area contributed by atoms with Gasteiger partial charge in [-0.25, -0.2) is 4.98 Å². The molecule has 1 unspecified atom stereocenters. The van der Waals surface area contributed by atoms with E-state index >= 15 is 0 Å². The van der Waals surface area contributed by atoms with Crippen molar-refractivity contribution in [1.29, 1.82) is 0 Å². The molecule has 1 saturated heterocycles. The highest BCUT2D eigenvalue weighted by atomic mass is 127. The number of hydrogen-bond acceptors (Lipinski definition) is 4. The van der Waals surface area contributed by atoms with Crippen LogP contribution in [0.25, 0.3) is 5.65 Å². The van der Waals surface area contributed by atoms with Crippen LogP contribution in [0.4, 0.5) is 0 Å². The minimum Gasteiger partial charge on any atom is -0.493 e. The van der Waals surface area contributed by atoms with Gasteiger partial charge in [0.2, 0.25) is 0 Å². The molecule has 0 spiro atoms. The van der Waals surface area contributed by atoms with E-state index in [1.165, 1.54) is 11.1 Å². The molecule has 0 aliphatic carbocycles. The Balaban J connectivity index is 0.00000306. The lowest BCUT2D eigenvalue weighted by Gasteiger charge is -2.17. The number of aromatic nitrogens is 2. The predicted octanol–water partition coefficient (Wildman–Crippen LogP) is 3.89. The van der Waals surface area contributed by atoms with Crippen LogP contribution < -0.4 is 15.4 Å². The van der Waals surface area contributed by atoms with Crippen LogP contribution in [0, 0.1) is 19.8 Å². The third-order valence-corrected chi connectivity index (χ3v) is 5.79. The lowest BCUT2D eigenvalue weighted by atomic mass is 10.1. The van der Waals surface area contributed by atoms with E-state index in [1.54, 1.807) is 7.05 Å². The molecule has 7 nitrogen and oxygen atoms in total. The molecule has 178 valence electrons. The fraction of sp³-hybridized carbons (Fsp3) is 0.440. The molecule has 1 aliphatic heterocycles. The van der Waals surface area contributed by atoms with Gasteiger partial charge < -0.3 is 24.5 Å². The van der Waals surface area contributed by atoms with Gasteiger partial charge >= 0.3 is 0 Å². The number of fused-ring (bicyclic) bond motifs is 1. The number of aryl methyl sites for hydroxylation is 2. The average molecular weight is 563 g/mol. The second kappa shape index (κ2) is 12.2. The number of ether oxygens (including phenoxy) is 2. The van der Waals surface area contributed by atoms with Gasteiger partial charge in [0.1, 0.15) is 11.4 Å². The maximum Gasteiger partial charge on any atom is 0.191 e. The monoisotopic (exact) mass is 563 g/mol. The van der Waals surface area contributed by atoms with Crippen LogP contribution in [-0.4, -0.2) is 48.8 Å². The number of halogens is 1. The Morgan fingerprint density at radius 3 is 2.91 bits per heavy atom. The maximum atomic E-state index is 6.15. The first kappa shape index (κ1) is 25.3. The second-order valence-electron chi connectivity index (χ2n) is 8.41. The zero-order chi connectivity index (χ0) is 22.3. The molecule has 0 radical (unpaired) electrons. The number of aliphatic imine (C=N–C) groups is 1. The molecule has 2 N–H and O–H groups in total. The molecule has 4 rings (SSSR count). The zero-order valence-corrected chi connectivity index (χ0v) is 22.0.